The van der Waals surface area contributed by atoms with Crippen LogP contribution in [-0.2, 0) is 38.0 Å². The molecular weight excluding hydrogens is 628 g/mol. The molecule has 0 spiro atoms. The summed E-state index contributed by atoms with van der Waals surface area (Å²) in [6.07, 6.45) is -11.6. The number of fused-ring (bicyclic) bond motifs is 3. The number of carbonyl (C=O) groups is 1. The van der Waals surface area contributed by atoms with Crippen molar-refractivity contribution in [1.29, 1.82) is 0 Å². The minimum atomic E-state index is -1.70. The summed E-state index contributed by atoms with van der Waals surface area (Å²) in [6.45, 7) is 0.378. The van der Waals surface area contributed by atoms with Crippen LogP contribution < -0.4 is 4.74 Å². The molecule has 1 saturated carbocycles. The molecule has 0 aromatic heterocycles. The number of epoxide rings is 1. The number of hydrogen-bond acceptors (Lipinski definition) is 16. The van der Waals surface area contributed by atoms with E-state index in [1.807, 2.05) is 0 Å². The summed E-state index contributed by atoms with van der Waals surface area (Å²) in [7, 11) is 1.53. The van der Waals surface area contributed by atoms with Gasteiger partial charge >= 0.3 is 5.97 Å². The molecule has 260 valence electrons. The number of hydrogen-bond donors (Lipinski definition) is 7. The topological polar surface area (TPSA) is 236 Å². The van der Waals surface area contributed by atoms with E-state index in [1.54, 1.807) is 30.3 Å². The molecule has 4 fully saturated rings. The third kappa shape index (κ3) is 6.29. The average Bonchev–Trinajstić information content (AvgIpc) is 3.75. The molecule has 4 heterocycles. The van der Waals surface area contributed by atoms with Gasteiger partial charge in [0.05, 0.1) is 44.7 Å². The van der Waals surface area contributed by atoms with Gasteiger partial charge in [0, 0.05) is 12.0 Å². The van der Waals surface area contributed by atoms with E-state index in [4.69, 9.17) is 37.9 Å². The lowest BCUT2D eigenvalue weighted by molar-refractivity contribution is -0.347. The average molecular weight is 669 g/mol. The Bertz CT molecular complexity index is 1300. The second-order valence-corrected chi connectivity index (χ2v) is 12.2. The fraction of sp³-hybridized carbons (Fsp3) is 0.645. The summed E-state index contributed by atoms with van der Waals surface area (Å²) in [5.41, 5.74) is -0.551. The summed E-state index contributed by atoms with van der Waals surface area (Å²) >= 11 is 0. The second kappa shape index (κ2) is 13.7. The maximum absolute atomic E-state index is 12.8. The van der Waals surface area contributed by atoms with Crippen molar-refractivity contribution in [2.75, 3.05) is 20.3 Å². The number of carbonyl (C=O) groups excluding carboxylic acids is 1. The molecule has 1 aromatic rings. The van der Waals surface area contributed by atoms with E-state index >= 15 is 0 Å². The third-order valence-corrected chi connectivity index (χ3v) is 9.45. The summed E-state index contributed by atoms with van der Waals surface area (Å²) in [5, 5.41) is 72.4. The largest absolute Gasteiger partial charge is 0.497 e. The van der Waals surface area contributed by atoms with Crippen LogP contribution in [0.25, 0.3) is 6.08 Å². The summed E-state index contributed by atoms with van der Waals surface area (Å²) < 4.78 is 45.9. The Morgan fingerprint density at radius 1 is 0.894 bits per heavy atom. The monoisotopic (exact) mass is 668 g/mol. The van der Waals surface area contributed by atoms with Gasteiger partial charge < -0.3 is 73.6 Å². The van der Waals surface area contributed by atoms with Gasteiger partial charge in [0.15, 0.2) is 18.7 Å². The van der Waals surface area contributed by atoms with Crippen LogP contribution in [0.3, 0.4) is 0 Å². The number of ether oxygens (including phenoxy) is 8. The van der Waals surface area contributed by atoms with Gasteiger partial charge in [-0.1, -0.05) is 12.1 Å². The Morgan fingerprint density at radius 3 is 2.32 bits per heavy atom. The van der Waals surface area contributed by atoms with Crippen LogP contribution in [0.15, 0.2) is 42.7 Å². The van der Waals surface area contributed by atoms with Crippen molar-refractivity contribution in [1.82, 2.24) is 0 Å². The van der Waals surface area contributed by atoms with E-state index in [2.05, 4.69) is 0 Å². The minimum absolute atomic E-state index is 0.484. The van der Waals surface area contributed by atoms with E-state index in [9.17, 15) is 40.5 Å². The Morgan fingerprint density at radius 2 is 1.64 bits per heavy atom. The third-order valence-electron chi connectivity index (χ3n) is 9.45. The summed E-state index contributed by atoms with van der Waals surface area (Å²) in [6, 6.07) is 6.90. The van der Waals surface area contributed by atoms with Crippen LogP contribution in [0.5, 0.6) is 5.75 Å². The van der Waals surface area contributed by atoms with Crippen LogP contribution in [0.4, 0.5) is 0 Å². The summed E-state index contributed by atoms with van der Waals surface area (Å²) in [5.74, 6) is -1.52. The molecule has 3 saturated heterocycles. The minimum Gasteiger partial charge on any atom is -0.497 e. The second-order valence-electron chi connectivity index (χ2n) is 12.2. The molecule has 0 radical (unpaired) electrons. The number of esters is 1. The fourth-order valence-corrected chi connectivity index (χ4v) is 6.76. The van der Waals surface area contributed by atoms with Gasteiger partial charge in [0.1, 0.15) is 54.1 Å². The van der Waals surface area contributed by atoms with Crippen LogP contribution in [-0.4, -0.2) is 148 Å². The molecular formula is C31H40O16. The quantitative estimate of drug-likeness (QED) is 0.0777. The predicted octanol–water partition coefficient (Wildman–Crippen LogP) is -2.47. The zero-order valence-electron chi connectivity index (χ0n) is 25.5. The first-order valence-electron chi connectivity index (χ1n) is 15.3. The molecule has 0 amide bonds. The highest BCUT2D eigenvalue weighted by Crippen LogP contribution is 2.61. The molecule has 0 unspecified atom stereocenters. The van der Waals surface area contributed by atoms with Crippen LogP contribution in [0.2, 0.25) is 0 Å². The molecule has 4 aliphatic heterocycles. The van der Waals surface area contributed by atoms with E-state index in [0.717, 1.165) is 6.08 Å². The maximum atomic E-state index is 12.8. The lowest BCUT2D eigenvalue weighted by atomic mass is 9.85. The maximum Gasteiger partial charge on any atom is 0.331 e. The molecule has 6 rings (SSSR count). The molecule has 7 N–H and O–H groups in total. The van der Waals surface area contributed by atoms with E-state index < -0.39 is 117 Å². The van der Waals surface area contributed by atoms with Crippen molar-refractivity contribution in [2.45, 2.75) is 92.4 Å². The molecule has 47 heavy (non-hydrogen) atoms. The first kappa shape index (κ1) is 34.2. The molecule has 5 aliphatic rings. The SMILES string of the molecule is COc1ccc(C=CC(=O)O[C@H]2[C@H](O[C@H]3[C@@H]4C=CO[C@@H](O[C@@H]5O[C@H](CO)[C@@H](O)[C@H](O)[C@H]5O)[C@@H]4[C@@]4(CO)O[C@@H]34)O[C@@H](C)[C@H](O)[C@H]2O)cc1. The van der Waals surface area contributed by atoms with Gasteiger partial charge in [-0.25, -0.2) is 4.79 Å². The highest BCUT2D eigenvalue weighted by atomic mass is 16.8. The number of aliphatic hydroxyl groups excluding tert-OH is 7. The van der Waals surface area contributed by atoms with Crippen molar-refractivity contribution in [3.05, 3.63) is 48.2 Å². The van der Waals surface area contributed by atoms with Gasteiger partial charge in [-0.05, 0) is 36.8 Å². The fourth-order valence-electron chi connectivity index (χ4n) is 6.76. The smallest absolute Gasteiger partial charge is 0.331 e. The van der Waals surface area contributed by atoms with Crippen molar-refractivity contribution in [3.8, 4) is 5.75 Å². The van der Waals surface area contributed by atoms with E-state index in [1.165, 1.54) is 26.4 Å². The first-order chi connectivity index (χ1) is 22.5. The Hall–Kier alpha value is -2.71. The van der Waals surface area contributed by atoms with Crippen molar-refractivity contribution in [2.24, 2.45) is 11.8 Å². The van der Waals surface area contributed by atoms with E-state index in [-0.39, 0.29) is 0 Å². The van der Waals surface area contributed by atoms with Gasteiger partial charge in [0.25, 0.3) is 0 Å². The van der Waals surface area contributed by atoms with Gasteiger partial charge in [-0.3, -0.25) is 0 Å². The summed E-state index contributed by atoms with van der Waals surface area (Å²) in [4.78, 5) is 12.8. The molecule has 16 heteroatoms. The van der Waals surface area contributed by atoms with Gasteiger partial charge in [-0.15, -0.1) is 0 Å². The lowest BCUT2D eigenvalue weighted by Gasteiger charge is -2.44. The normalized spacial score (nSPS) is 45.6. The number of benzene rings is 1. The zero-order chi connectivity index (χ0) is 33.6. The number of rotatable bonds is 10. The molecule has 1 aromatic carbocycles. The number of methoxy groups -OCH3 is 1. The van der Waals surface area contributed by atoms with Crippen LogP contribution >= 0.6 is 0 Å². The molecule has 0 bridgehead atoms. The Labute approximate surface area is 269 Å². The van der Waals surface area contributed by atoms with Crippen LogP contribution in [0.1, 0.15) is 12.5 Å². The van der Waals surface area contributed by atoms with E-state index in [0.29, 0.717) is 11.3 Å². The van der Waals surface area contributed by atoms with Crippen LogP contribution in [0, 0.1) is 11.8 Å². The highest BCUT2D eigenvalue weighted by molar-refractivity contribution is 5.87. The van der Waals surface area contributed by atoms with Crippen molar-refractivity contribution in [3.63, 3.8) is 0 Å². The number of aliphatic hydroxyl groups is 7. The highest BCUT2D eigenvalue weighted by Gasteiger charge is 2.77. The van der Waals surface area contributed by atoms with Crippen molar-refractivity contribution >= 4 is 12.0 Å². The van der Waals surface area contributed by atoms with Gasteiger partial charge in [0.2, 0.25) is 6.29 Å². The van der Waals surface area contributed by atoms with Crippen molar-refractivity contribution < 1.29 is 78.4 Å². The Balaban J connectivity index is 1.18. The lowest BCUT2D eigenvalue weighted by Crippen LogP contribution is -2.61. The molecule has 16 nitrogen and oxygen atoms in total. The Kier molecular flexibility index (Phi) is 9.93. The predicted molar refractivity (Wildman–Crippen MR) is 154 cm³/mol. The molecule has 1 aliphatic carbocycles. The molecule has 16 atom stereocenters. The van der Waals surface area contributed by atoms with Gasteiger partial charge in [-0.2, -0.15) is 0 Å². The standard InChI is InChI=1S/C31H40O16/c1-13-20(35)23(38)26(44-18(34)8-5-14-3-6-15(40-2)7-4-14)30(42-13)45-25-16-9-10-41-28(19(16)31(12-33)27(25)47-31)46-29-24(39)22(37)21(36)17(11-32)43-29/h3-10,13,16-17,19-30,32-33,35-39H,11-12H2,1-2H3/t13-,16+,17+,19+,20-,21+,22-,23+,24+,25-,26+,27-,28-,29-,30-,31+/m0/s1. The zero-order valence-corrected chi connectivity index (χ0v) is 25.5. The first-order valence-corrected chi connectivity index (χ1v) is 15.3.